The van der Waals surface area contributed by atoms with Crippen molar-refractivity contribution in [3.05, 3.63) is 59.2 Å². The molecule has 0 N–H and O–H groups in total. The van der Waals surface area contributed by atoms with Crippen LogP contribution in [0.15, 0.2) is 42.5 Å². The molecule has 0 spiro atoms. The van der Waals surface area contributed by atoms with E-state index >= 15 is 0 Å². The van der Waals surface area contributed by atoms with Gasteiger partial charge in [-0.2, -0.15) is 0 Å². The quantitative estimate of drug-likeness (QED) is 0.654. The Bertz CT molecular complexity index is 812. The van der Waals surface area contributed by atoms with Crippen LogP contribution in [0.2, 0.25) is 0 Å². The van der Waals surface area contributed by atoms with E-state index in [2.05, 4.69) is 49.4 Å². The molecule has 0 bridgehead atoms. The highest BCUT2D eigenvalue weighted by Crippen LogP contribution is 2.48. The van der Waals surface area contributed by atoms with E-state index in [9.17, 15) is 0 Å². The van der Waals surface area contributed by atoms with Crippen LogP contribution in [0.25, 0.3) is 0 Å². The summed E-state index contributed by atoms with van der Waals surface area (Å²) in [6.07, 6.45) is 9.06. The van der Waals surface area contributed by atoms with Crippen LogP contribution < -0.4 is 9.47 Å². The molecule has 142 valence electrons. The molecule has 2 heteroatoms. The minimum atomic E-state index is 0.194. The molecule has 2 aromatic carbocycles. The lowest BCUT2D eigenvalue weighted by atomic mass is 9.74. The topological polar surface area (TPSA) is 18.5 Å². The van der Waals surface area contributed by atoms with Gasteiger partial charge in [-0.1, -0.05) is 50.5 Å². The van der Waals surface area contributed by atoms with E-state index in [0.717, 1.165) is 42.8 Å². The van der Waals surface area contributed by atoms with Crippen molar-refractivity contribution in [2.24, 2.45) is 17.8 Å². The second-order valence-corrected chi connectivity index (χ2v) is 8.86. The predicted octanol–water partition coefficient (Wildman–Crippen LogP) is 6.13. The summed E-state index contributed by atoms with van der Waals surface area (Å²) in [4.78, 5) is 0. The molecule has 2 nitrogen and oxygen atoms in total. The summed E-state index contributed by atoms with van der Waals surface area (Å²) >= 11 is 0. The number of ether oxygens (including phenoxy) is 2. The fourth-order valence-corrected chi connectivity index (χ4v) is 5.58. The molecule has 5 rings (SSSR count). The fourth-order valence-electron chi connectivity index (χ4n) is 5.58. The average Bonchev–Trinajstić information content (AvgIpc) is 3.06. The van der Waals surface area contributed by atoms with Crippen LogP contribution in [0.3, 0.4) is 0 Å². The van der Waals surface area contributed by atoms with Crippen molar-refractivity contribution in [1.82, 2.24) is 0 Å². The summed E-state index contributed by atoms with van der Waals surface area (Å²) in [5.41, 5.74) is 4.20. The highest BCUT2D eigenvalue weighted by atomic mass is 16.5. The molecule has 4 atom stereocenters. The van der Waals surface area contributed by atoms with Crippen LogP contribution in [0.1, 0.15) is 61.8 Å². The summed E-state index contributed by atoms with van der Waals surface area (Å²) in [6, 6.07) is 15.4. The Morgan fingerprint density at radius 2 is 1.93 bits per heavy atom. The maximum atomic E-state index is 6.71. The van der Waals surface area contributed by atoms with Crippen LogP contribution in [0.5, 0.6) is 11.5 Å². The van der Waals surface area contributed by atoms with E-state index in [1.807, 2.05) is 0 Å². The van der Waals surface area contributed by atoms with Crippen LogP contribution in [-0.2, 0) is 12.8 Å². The summed E-state index contributed by atoms with van der Waals surface area (Å²) < 4.78 is 12.5. The van der Waals surface area contributed by atoms with Crippen LogP contribution in [-0.4, -0.2) is 6.61 Å². The van der Waals surface area contributed by atoms with Crippen LogP contribution in [0, 0.1) is 17.8 Å². The third kappa shape index (κ3) is 3.35. The Morgan fingerprint density at radius 1 is 1.00 bits per heavy atom. The number of aryl methyl sites for hydroxylation is 1. The summed E-state index contributed by atoms with van der Waals surface area (Å²) in [7, 11) is 0. The van der Waals surface area contributed by atoms with E-state index in [0.29, 0.717) is 5.92 Å². The zero-order valence-corrected chi connectivity index (χ0v) is 16.3. The minimum Gasteiger partial charge on any atom is -0.493 e. The third-order valence-corrected chi connectivity index (χ3v) is 6.93. The molecule has 0 radical (unpaired) electrons. The highest BCUT2D eigenvalue weighted by molar-refractivity contribution is 5.42. The highest BCUT2D eigenvalue weighted by Gasteiger charge is 2.40. The Hall–Kier alpha value is -1.96. The van der Waals surface area contributed by atoms with Crippen LogP contribution in [0.4, 0.5) is 0 Å². The van der Waals surface area contributed by atoms with Gasteiger partial charge in [0, 0.05) is 5.92 Å². The molecule has 2 aromatic rings. The van der Waals surface area contributed by atoms with Gasteiger partial charge < -0.3 is 9.47 Å². The van der Waals surface area contributed by atoms with Crippen molar-refractivity contribution in [3.8, 4) is 11.5 Å². The first kappa shape index (κ1) is 17.2. The van der Waals surface area contributed by atoms with Gasteiger partial charge in [-0.05, 0) is 72.4 Å². The van der Waals surface area contributed by atoms with Gasteiger partial charge in [0.25, 0.3) is 0 Å². The molecule has 27 heavy (non-hydrogen) atoms. The first-order valence-electron chi connectivity index (χ1n) is 10.8. The number of fused-ring (bicyclic) bond motifs is 2. The number of hydrogen-bond acceptors (Lipinski definition) is 2. The lowest BCUT2D eigenvalue weighted by Gasteiger charge is -2.34. The Labute approximate surface area is 162 Å². The van der Waals surface area contributed by atoms with Gasteiger partial charge in [0.1, 0.15) is 17.6 Å². The molecule has 3 aliphatic rings. The van der Waals surface area contributed by atoms with Gasteiger partial charge in [-0.3, -0.25) is 0 Å². The zero-order chi connectivity index (χ0) is 18.2. The van der Waals surface area contributed by atoms with Gasteiger partial charge in [0.15, 0.2) is 0 Å². The van der Waals surface area contributed by atoms with Gasteiger partial charge >= 0.3 is 0 Å². The third-order valence-electron chi connectivity index (χ3n) is 6.93. The van der Waals surface area contributed by atoms with Gasteiger partial charge in [0.2, 0.25) is 0 Å². The average molecular weight is 363 g/mol. The molecule has 1 saturated carbocycles. The van der Waals surface area contributed by atoms with Crippen molar-refractivity contribution in [2.75, 3.05) is 6.61 Å². The number of rotatable bonds is 3. The Morgan fingerprint density at radius 3 is 2.85 bits per heavy atom. The van der Waals surface area contributed by atoms with Crippen LogP contribution >= 0.6 is 0 Å². The molecule has 1 aliphatic heterocycles. The SMILES string of the molecule is C[C@@H]1CCCC([C@@H]2Cc3ccccc3[C@H]2Oc2ccc3c(c2)CCCO3)C1. The molecule has 2 aliphatic carbocycles. The van der Waals surface area contributed by atoms with Gasteiger partial charge in [-0.15, -0.1) is 0 Å². The molecule has 0 aromatic heterocycles. The summed E-state index contributed by atoms with van der Waals surface area (Å²) in [5.74, 6) is 4.30. The minimum absolute atomic E-state index is 0.194. The Kier molecular flexibility index (Phi) is 4.59. The Balaban J connectivity index is 1.43. The van der Waals surface area contributed by atoms with Gasteiger partial charge in [-0.25, -0.2) is 0 Å². The summed E-state index contributed by atoms with van der Waals surface area (Å²) in [6.45, 7) is 3.26. The lowest BCUT2D eigenvalue weighted by Crippen LogP contribution is -2.27. The molecule has 1 heterocycles. The first-order chi connectivity index (χ1) is 13.3. The maximum Gasteiger partial charge on any atom is 0.127 e. The standard InChI is InChI=1S/C25H30O2/c1-17-6-4-8-18(14-17)23-16-19-7-2-3-10-22(19)25(23)27-21-11-12-24-20(15-21)9-5-13-26-24/h2-3,7,10-12,15,17-18,23,25H,4-6,8-9,13-14,16H2,1H3/t17-,18?,23+,25-/m1/s1. The zero-order valence-electron chi connectivity index (χ0n) is 16.3. The predicted molar refractivity (Wildman–Crippen MR) is 108 cm³/mol. The number of benzene rings is 2. The van der Waals surface area contributed by atoms with Crippen molar-refractivity contribution < 1.29 is 9.47 Å². The summed E-state index contributed by atoms with van der Waals surface area (Å²) in [5, 5.41) is 0. The normalized spacial score (nSPS) is 29.5. The van der Waals surface area contributed by atoms with Crippen molar-refractivity contribution in [3.63, 3.8) is 0 Å². The molecule has 1 fully saturated rings. The second-order valence-electron chi connectivity index (χ2n) is 8.86. The molecule has 0 amide bonds. The second kappa shape index (κ2) is 7.22. The first-order valence-corrected chi connectivity index (χ1v) is 10.8. The van der Waals surface area contributed by atoms with E-state index in [1.54, 1.807) is 0 Å². The van der Waals surface area contributed by atoms with Crippen molar-refractivity contribution in [1.29, 1.82) is 0 Å². The van der Waals surface area contributed by atoms with E-state index < -0.39 is 0 Å². The van der Waals surface area contributed by atoms with E-state index in [1.165, 1.54) is 48.8 Å². The van der Waals surface area contributed by atoms with E-state index in [-0.39, 0.29) is 6.10 Å². The maximum absolute atomic E-state index is 6.71. The molecular formula is C25H30O2. The number of hydrogen-bond donors (Lipinski definition) is 0. The molecule has 1 unspecified atom stereocenters. The smallest absolute Gasteiger partial charge is 0.127 e. The molecule has 0 saturated heterocycles. The lowest BCUT2D eigenvalue weighted by molar-refractivity contribution is 0.0815. The monoisotopic (exact) mass is 362 g/mol. The van der Waals surface area contributed by atoms with Crippen molar-refractivity contribution >= 4 is 0 Å². The fraction of sp³-hybridized carbons (Fsp3) is 0.520. The van der Waals surface area contributed by atoms with Gasteiger partial charge in [0.05, 0.1) is 6.61 Å². The largest absolute Gasteiger partial charge is 0.493 e. The van der Waals surface area contributed by atoms with E-state index in [4.69, 9.17) is 9.47 Å². The molecular weight excluding hydrogens is 332 g/mol. The van der Waals surface area contributed by atoms with Crippen molar-refractivity contribution in [2.45, 2.75) is 58.0 Å².